The fraction of sp³-hybridized carbons (Fsp3) is 0.190. The Bertz CT molecular complexity index is 935. The van der Waals surface area contributed by atoms with Gasteiger partial charge >= 0.3 is 0 Å². The lowest BCUT2D eigenvalue weighted by molar-refractivity contribution is -0.120. The van der Waals surface area contributed by atoms with Crippen LogP contribution >= 0.6 is 23.8 Å². The summed E-state index contributed by atoms with van der Waals surface area (Å²) in [6.45, 7) is 1.43. The Kier molecular flexibility index (Phi) is 7.61. The second-order valence-electron chi connectivity index (χ2n) is 6.32. The Balaban J connectivity index is 1.57. The predicted molar refractivity (Wildman–Crippen MR) is 116 cm³/mol. The van der Waals surface area contributed by atoms with Crippen molar-refractivity contribution in [2.45, 2.75) is 19.6 Å². The Morgan fingerprint density at radius 2 is 1.97 bits per heavy atom. The van der Waals surface area contributed by atoms with Crippen molar-refractivity contribution < 1.29 is 9.21 Å². The molecule has 0 fully saturated rings. The van der Waals surface area contributed by atoms with Crippen molar-refractivity contribution in [3.63, 3.8) is 0 Å². The van der Waals surface area contributed by atoms with E-state index in [9.17, 15) is 4.79 Å². The topological polar surface area (TPSA) is 70.4 Å². The number of rotatable bonds is 8. The second kappa shape index (κ2) is 10.6. The number of hydrogen-bond acceptors (Lipinski definition) is 4. The van der Waals surface area contributed by atoms with E-state index in [1.165, 1.54) is 0 Å². The van der Waals surface area contributed by atoms with E-state index in [4.69, 9.17) is 28.2 Å². The average molecular weight is 429 g/mol. The van der Waals surface area contributed by atoms with E-state index < -0.39 is 0 Å². The molecule has 2 N–H and O–H groups in total. The van der Waals surface area contributed by atoms with Crippen LogP contribution in [-0.2, 0) is 24.4 Å². The van der Waals surface area contributed by atoms with Gasteiger partial charge in [0.15, 0.2) is 5.11 Å². The van der Waals surface area contributed by atoms with Gasteiger partial charge in [0.25, 0.3) is 0 Å². The second-order valence-corrected chi connectivity index (χ2v) is 7.12. The van der Waals surface area contributed by atoms with Gasteiger partial charge < -0.3 is 20.0 Å². The van der Waals surface area contributed by atoms with Crippen LogP contribution in [-0.4, -0.2) is 27.4 Å². The molecule has 0 spiro atoms. The van der Waals surface area contributed by atoms with Crippen LogP contribution < -0.4 is 10.6 Å². The molecule has 1 amide bonds. The largest absolute Gasteiger partial charge is 0.467 e. The van der Waals surface area contributed by atoms with Gasteiger partial charge in [-0.3, -0.25) is 9.78 Å². The van der Waals surface area contributed by atoms with Crippen molar-refractivity contribution in [1.82, 2.24) is 20.5 Å². The molecule has 0 atom stereocenters. The summed E-state index contributed by atoms with van der Waals surface area (Å²) in [6.07, 6.45) is 5.02. The highest BCUT2D eigenvalue weighted by Gasteiger charge is 2.15. The van der Waals surface area contributed by atoms with E-state index >= 15 is 0 Å². The van der Waals surface area contributed by atoms with Crippen LogP contribution in [0, 0.1) is 0 Å². The molecule has 3 aromatic rings. The van der Waals surface area contributed by atoms with E-state index in [-0.39, 0.29) is 12.5 Å². The maximum Gasteiger partial charge on any atom is 0.239 e. The number of halogens is 1. The summed E-state index contributed by atoms with van der Waals surface area (Å²) in [5, 5.41) is 6.96. The highest BCUT2D eigenvalue weighted by atomic mass is 35.5. The zero-order valence-electron chi connectivity index (χ0n) is 15.7. The van der Waals surface area contributed by atoms with Crippen molar-refractivity contribution in [3.8, 4) is 0 Å². The van der Waals surface area contributed by atoms with Crippen LogP contribution in [0.25, 0.3) is 0 Å². The van der Waals surface area contributed by atoms with Gasteiger partial charge in [-0.05, 0) is 47.6 Å². The van der Waals surface area contributed by atoms with E-state index in [2.05, 4.69) is 15.6 Å². The monoisotopic (exact) mass is 428 g/mol. The fourth-order valence-electron chi connectivity index (χ4n) is 2.66. The lowest BCUT2D eigenvalue weighted by atomic mass is 10.2. The molecule has 0 saturated heterocycles. The van der Waals surface area contributed by atoms with Crippen LogP contribution in [0.5, 0.6) is 0 Å². The summed E-state index contributed by atoms with van der Waals surface area (Å²) in [7, 11) is 0. The van der Waals surface area contributed by atoms with Crippen LogP contribution in [0.4, 0.5) is 0 Å². The number of thiocarbonyl (C=S) groups is 1. The predicted octanol–water partition coefficient (Wildman–Crippen LogP) is 3.52. The molecule has 8 heteroatoms. The van der Waals surface area contributed by atoms with Crippen molar-refractivity contribution in [1.29, 1.82) is 0 Å². The third-order valence-electron chi connectivity index (χ3n) is 4.15. The van der Waals surface area contributed by atoms with Gasteiger partial charge in [-0.25, -0.2) is 0 Å². The van der Waals surface area contributed by atoms with Crippen molar-refractivity contribution in [2.75, 3.05) is 6.54 Å². The van der Waals surface area contributed by atoms with E-state index in [1.807, 2.05) is 53.4 Å². The van der Waals surface area contributed by atoms with Crippen LogP contribution in [0.15, 0.2) is 71.6 Å². The molecule has 0 aliphatic carbocycles. The number of aromatic nitrogens is 1. The minimum atomic E-state index is -0.160. The smallest absolute Gasteiger partial charge is 0.239 e. The van der Waals surface area contributed by atoms with E-state index in [0.717, 1.165) is 16.9 Å². The normalized spacial score (nSPS) is 10.4. The van der Waals surface area contributed by atoms with Crippen molar-refractivity contribution >= 4 is 34.8 Å². The first-order valence-electron chi connectivity index (χ1n) is 9.06. The Hall–Kier alpha value is -2.90. The summed E-state index contributed by atoms with van der Waals surface area (Å²) in [5.74, 6) is 0.606. The summed E-state index contributed by atoms with van der Waals surface area (Å²) in [5.41, 5.74) is 1.87. The number of furan rings is 1. The lowest BCUT2D eigenvalue weighted by Crippen LogP contribution is -2.43. The third-order valence-corrected chi connectivity index (χ3v) is 4.92. The van der Waals surface area contributed by atoms with E-state index in [1.54, 1.807) is 18.7 Å². The number of hydrogen-bond donors (Lipinski definition) is 2. The van der Waals surface area contributed by atoms with Crippen molar-refractivity contribution in [3.05, 3.63) is 89.1 Å². The summed E-state index contributed by atoms with van der Waals surface area (Å²) in [4.78, 5) is 18.1. The number of nitrogens with zero attached hydrogens (tertiary/aromatic N) is 2. The van der Waals surface area contributed by atoms with Gasteiger partial charge in [0.2, 0.25) is 5.91 Å². The molecule has 2 heterocycles. The molecule has 0 saturated carbocycles. The average Bonchev–Trinajstić information content (AvgIpc) is 3.25. The van der Waals surface area contributed by atoms with Crippen LogP contribution in [0.1, 0.15) is 16.9 Å². The molecule has 2 aromatic heterocycles. The third kappa shape index (κ3) is 6.58. The van der Waals surface area contributed by atoms with Gasteiger partial charge in [-0.1, -0.05) is 35.9 Å². The van der Waals surface area contributed by atoms with Crippen LogP contribution in [0.2, 0.25) is 5.02 Å². The number of nitrogens with one attached hydrogen (secondary N) is 2. The number of carbonyl (C=O) groups is 1. The van der Waals surface area contributed by atoms with Crippen LogP contribution in [0.3, 0.4) is 0 Å². The first-order valence-corrected chi connectivity index (χ1v) is 9.84. The van der Waals surface area contributed by atoms with Gasteiger partial charge in [-0.2, -0.15) is 0 Å². The molecule has 0 unspecified atom stereocenters. The molecular formula is C21H21ClN4O2S. The quantitative estimate of drug-likeness (QED) is 0.535. The molecular weight excluding hydrogens is 408 g/mol. The maximum atomic E-state index is 12.2. The molecule has 1 aromatic carbocycles. The molecule has 0 aliphatic heterocycles. The summed E-state index contributed by atoms with van der Waals surface area (Å²) < 4.78 is 5.45. The minimum Gasteiger partial charge on any atom is -0.467 e. The highest BCUT2D eigenvalue weighted by Crippen LogP contribution is 2.18. The van der Waals surface area contributed by atoms with Gasteiger partial charge in [-0.15, -0.1) is 0 Å². The molecule has 29 heavy (non-hydrogen) atoms. The molecule has 0 radical (unpaired) electrons. The molecule has 6 nitrogen and oxygen atoms in total. The summed E-state index contributed by atoms with van der Waals surface area (Å²) >= 11 is 11.8. The van der Waals surface area contributed by atoms with Crippen molar-refractivity contribution in [2.24, 2.45) is 0 Å². The Morgan fingerprint density at radius 1 is 1.10 bits per heavy atom. The maximum absolute atomic E-state index is 12.2. The lowest BCUT2D eigenvalue weighted by Gasteiger charge is -2.25. The van der Waals surface area contributed by atoms with Gasteiger partial charge in [0.1, 0.15) is 5.76 Å². The number of benzene rings is 1. The zero-order chi connectivity index (χ0) is 20.5. The number of pyridine rings is 1. The van der Waals surface area contributed by atoms with E-state index in [0.29, 0.717) is 29.8 Å². The van der Waals surface area contributed by atoms with Gasteiger partial charge in [0, 0.05) is 30.5 Å². The molecule has 150 valence electrons. The van der Waals surface area contributed by atoms with Gasteiger partial charge in [0.05, 0.1) is 19.4 Å². The minimum absolute atomic E-state index is 0.0657. The summed E-state index contributed by atoms with van der Waals surface area (Å²) in [6, 6.07) is 15.0. The number of carbonyl (C=O) groups excluding carboxylic acids is 1. The Labute approximate surface area is 179 Å². The zero-order valence-corrected chi connectivity index (χ0v) is 17.2. The first kappa shape index (κ1) is 20.8. The standard InChI is InChI=1S/C21H21ClN4O2S/c22-19-8-2-1-6-17(19)14-26(15-18-7-4-10-28-18)21(29)25-13-20(27)24-12-16-5-3-9-23-11-16/h1-11H,12-15H2,(H,24,27)(H,25,29). The highest BCUT2D eigenvalue weighted by molar-refractivity contribution is 7.80. The molecule has 0 aliphatic rings. The molecule has 3 rings (SSSR count). The fourth-order valence-corrected chi connectivity index (χ4v) is 3.05. The molecule has 0 bridgehead atoms. The number of amides is 1. The first-order chi connectivity index (χ1) is 14.1. The Morgan fingerprint density at radius 3 is 2.69 bits per heavy atom. The SMILES string of the molecule is O=C(CNC(=S)N(Cc1ccco1)Cc1ccccc1Cl)NCc1cccnc1.